The molecule has 2 N–H and O–H groups in total. The third-order valence-corrected chi connectivity index (χ3v) is 13.1. The predicted octanol–water partition coefficient (Wildman–Crippen LogP) is 19.5. The number of benzene rings is 8. The molecule has 2 aliphatic heterocycles. The van der Waals surface area contributed by atoms with Gasteiger partial charge in [-0.05, 0) is 146 Å². The summed E-state index contributed by atoms with van der Waals surface area (Å²) in [5, 5.41) is 9.96. The first-order valence-corrected chi connectivity index (χ1v) is 26.8. The quantitative estimate of drug-likeness (QED) is 0.163. The van der Waals surface area contributed by atoms with E-state index in [1.165, 1.54) is 88.8 Å². The Morgan fingerprint density at radius 1 is 0.486 bits per heavy atom. The standard InChI is InChI=1S/C52H42N4.C8H10.C4H8.3C2H6/c1-36-33-41(40-27-28-51-47(35-40)46-20-9-11-22-50(46)56(51)43-16-6-3-7-17-43)30-32-55(49-21-10-8-19-45(36)49)44-18-12-15-42(34-44)52-53-31-29-48(54-52)39-25-23-38(24-26-39)37-13-4-2-5-14-37;1-7-5-3-4-6-8(7)2;1-3-4-2;3*1-2/h2-31,33-35,48,52-54H,32H2,1H3;3-6H,1-2H3;3-4H,1-2H3;3*1-2H3/b36-33+,41-30+;;4-3-;;;. The third kappa shape index (κ3) is 13.4. The molecule has 4 heteroatoms. The summed E-state index contributed by atoms with van der Waals surface area (Å²) in [5.41, 5.74) is 18.5. The van der Waals surface area contributed by atoms with E-state index in [9.17, 15) is 0 Å². The van der Waals surface area contributed by atoms with Gasteiger partial charge in [0.2, 0.25) is 0 Å². The van der Waals surface area contributed by atoms with Crippen LogP contribution < -0.4 is 15.5 Å². The van der Waals surface area contributed by atoms with E-state index in [0.29, 0.717) is 0 Å². The zero-order valence-corrected chi connectivity index (χ0v) is 45.8. The largest absolute Gasteiger partial charge is 0.372 e. The molecular formula is C70H78N4. The van der Waals surface area contributed by atoms with Crippen LogP contribution in [0.4, 0.5) is 11.4 Å². The zero-order chi connectivity index (χ0) is 52.8. The predicted molar refractivity (Wildman–Crippen MR) is 326 cm³/mol. The maximum Gasteiger partial charge on any atom is 0.104 e. The van der Waals surface area contributed by atoms with Gasteiger partial charge in [-0.1, -0.05) is 218 Å². The van der Waals surface area contributed by atoms with Crippen molar-refractivity contribution in [2.24, 2.45) is 0 Å². The Hall–Kier alpha value is -7.92. The molecule has 1 aromatic heterocycles. The van der Waals surface area contributed by atoms with Gasteiger partial charge in [-0.2, -0.15) is 0 Å². The summed E-state index contributed by atoms with van der Waals surface area (Å²) < 4.78 is 2.38. The van der Waals surface area contributed by atoms with Gasteiger partial charge >= 0.3 is 0 Å². The van der Waals surface area contributed by atoms with Gasteiger partial charge in [0.05, 0.1) is 17.1 Å². The number of allylic oxidation sites excluding steroid dienone is 5. The number of rotatable bonds is 6. The average Bonchev–Trinajstić information content (AvgIpc) is 3.82. The lowest BCUT2D eigenvalue weighted by Gasteiger charge is -2.31. The van der Waals surface area contributed by atoms with Gasteiger partial charge < -0.3 is 14.8 Å². The molecule has 2 atom stereocenters. The summed E-state index contributed by atoms with van der Waals surface area (Å²) in [5.74, 6) is 0. The van der Waals surface area contributed by atoms with Crippen LogP contribution in [0.25, 0.3) is 49.8 Å². The highest BCUT2D eigenvalue weighted by Crippen LogP contribution is 2.39. The summed E-state index contributed by atoms with van der Waals surface area (Å²) in [6, 6.07) is 72.0. The Kier molecular flexibility index (Phi) is 21.2. The van der Waals surface area contributed by atoms with Crippen LogP contribution >= 0.6 is 0 Å². The molecule has 2 aliphatic rings. The van der Waals surface area contributed by atoms with Gasteiger partial charge in [-0.25, -0.2) is 0 Å². The van der Waals surface area contributed by atoms with Crippen molar-refractivity contribution < 1.29 is 0 Å². The van der Waals surface area contributed by atoms with E-state index in [4.69, 9.17) is 0 Å². The summed E-state index contributed by atoms with van der Waals surface area (Å²) in [7, 11) is 0. The van der Waals surface area contributed by atoms with Crippen LogP contribution in [0.5, 0.6) is 0 Å². The Balaban J connectivity index is 0.000000431. The number of fused-ring (bicyclic) bond motifs is 4. The smallest absolute Gasteiger partial charge is 0.104 e. The van der Waals surface area contributed by atoms with Crippen LogP contribution in [0.1, 0.15) is 108 Å². The zero-order valence-electron chi connectivity index (χ0n) is 45.8. The fourth-order valence-corrected chi connectivity index (χ4v) is 9.13. The molecule has 0 bridgehead atoms. The van der Waals surface area contributed by atoms with Crippen molar-refractivity contribution in [3.63, 3.8) is 0 Å². The third-order valence-electron chi connectivity index (χ3n) is 13.1. The van der Waals surface area contributed by atoms with Crippen molar-refractivity contribution in [3.8, 4) is 16.8 Å². The van der Waals surface area contributed by atoms with E-state index in [-0.39, 0.29) is 12.2 Å². The van der Waals surface area contributed by atoms with Gasteiger partial charge in [0.1, 0.15) is 6.17 Å². The van der Waals surface area contributed by atoms with Crippen LogP contribution in [0, 0.1) is 13.8 Å². The molecular weight excluding hydrogens is 897 g/mol. The molecule has 0 amide bonds. The molecule has 3 heterocycles. The van der Waals surface area contributed by atoms with E-state index >= 15 is 0 Å². The summed E-state index contributed by atoms with van der Waals surface area (Å²) in [4.78, 5) is 2.45. The first-order chi connectivity index (χ1) is 36.4. The van der Waals surface area contributed by atoms with Crippen LogP contribution in [0.2, 0.25) is 0 Å². The minimum absolute atomic E-state index is 0.0405. The van der Waals surface area contributed by atoms with Crippen molar-refractivity contribution in [3.05, 3.63) is 270 Å². The first kappa shape index (κ1) is 55.4. The number of hydrogen-bond acceptors (Lipinski definition) is 3. The Morgan fingerprint density at radius 3 is 1.73 bits per heavy atom. The van der Waals surface area contributed by atoms with Gasteiger partial charge in [-0.15, -0.1) is 0 Å². The number of nitrogens with one attached hydrogen (secondary N) is 2. The number of nitrogens with zero attached hydrogens (tertiary/aromatic N) is 2. The van der Waals surface area contributed by atoms with E-state index in [0.717, 1.165) is 12.2 Å². The second kappa shape index (κ2) is 28.4. The molecule has 4 nitrogen and oxygen atoms in total. The topological polar surface area (TPSA) is 32.2 Å². The molecule has 0 aliphatic carbocycles. The lowest BCUT2D eigenvalue weighted by molar-refractivity contribution is 0.433. The van der Waals surface area contributed by atoms with Gasteiger partial charge in [-0.3, -0.25) is 5.32 Å². The molecule has 74 heavy (non-hydrogen) atoms. The van der Waals surface area contributed by atoms with Crippen LogP contribution in [0.15, 0.2) is 237 Å². The fourth-order valence-electron chi connectivity index (χ4n) is 9.13. The lowest BCUT2D eigenvalue weighted by atomic mass is 9.95. The van der Waals surface area contributed by atoms with Crippen LogP contribution in [-0.4, -0.2) is 11.1 Å². The van der Waals surface area contributed by atoms with Gasteiger partial charge in [0.25, 0.3) is 0 Å². The normalized spacial score (nSPS) is 15.9. The van der Waals surface area contributed by atoms with Gasteiger partial charge in [0.15, 0.2) is 0 Å². The van der Waals surface area contributed by atoms with E-state index in [2.05, 4.69) is 265 Å². The molecule has 0 saturated heterocycles. The maximum atomic E-state index is 3.85. The molecule has 11 rings (SSSR count). The second-order valence-corrected chi connectivity index (χ2v) is 17.5. The molecule has 8 aromatic carbocycles. The molecule has 9 aromatic rings. The van der Waals surface area contributed by atoms with Gasteiger partial charge in [0, 0.05) is 39.9 Å². The van der Waals surface area contributed by atoms with E-state index in [1.54, 1.807) is 0 Å². The highest BCUT2D eigenvalue weighted by atomic mass is 15.2. The highest BCUT2D eigenvalue weighted by molar-refractivity contribution is 6.10. The van der Waals surface area contributed by atoms with Crippen molar-refractivity contribution in [2.45, 2.75) is 88.4 Å². The number of aryl methyl sites for hydroxylation is 2. The minimum Gasteiger partial charge on any atom is -0.372 e. The Labute approximate surface area is 444 Å². The molecule has 0 saturated carbocycles. The summed E-state index contributed by atoms with van der Waals surface area (Å²) in [6.07, 6.45) is 13.0. The first-order valence-electron chi connectivity index (χ1n) is 26.8. The Morgan fingerprint density at radius 2 is 1.05 bits per heavy atom. The van der Waals surface area contributed by atoms with E-state index in [1.807, 2.05) is 67.5 Å². The van der Waals surface area contributed by atoms with Crippen molar-refractivity contribution >= 4 is 44.3 Å². The number of aromatic nitrogens is 1. The van der Waals surface area contributed by atoms with Crippen molar-refractivity contribution in [1.82, 2.24) is 15.2 Å². The van der Waals surface area contributed by atoms with Crippen molar-refractivity contribution in [2.75, 3.05) is 11.4 Å². The second-order valence-electron chi connectivity index (χ2n) is 17.5. The SMILES string of the molecule is C/C1=C\C(c2ccc3c(c2)c2ccccc2n3-c2ccccc2)=C/CN(c2cccc(C3NC=CC(c4ccc(-c5ccccc5)cc4)N3)c2)c2ccccc21.C/C=C\C.CC.CC.CC.Cc1ccccc1C. The number of anilines is 2. The van der Waals surface area contributed by atoms with Crippen LogP contribution in [0.3, 0.4) is 0 Å². The van der Waals surface area contributed by atoms with E-state index < -0.39 is 0 Å². The van der Waals surface area contributed by atoms with Crippen molar-refractivity contribution in [1.29, 1.82) is 0 Å². The molecule has 378 valence electrons. The monoisotopic (exact) mass is 975 g/mol. The Bertz CT molecular complexity index is 3240. The average molecular weight is 975 g/mol. The van der Waals surface area contributed by atoms with Crippen LogP contribution in [-0.2, 0) is 0 Å². The number of para-hydroxylation sites is 3. The molecule has 0 radical (unpaired) electrons. The molecule has 2 unspecified atom stereocenters. The fraction of sp³-hybridized carbons (Fsp3) is 0.200. The summed E-state index contributed by atoms with van der Waals surface area (Å²) >= 11 is 0. The molecule has 0 fully saturated rings. The maximum absolute atomic E-state index is 3.85. The number of hydrogen-bond donors (Lipinski definition) is 2. The minimum atomic E-state index is -0.0405. The highest BCUT2D eigenvalue weighted by Gasteiger charge is 2.23. The summed E-state index contributed by atoms with van der Waals surface area (Å²) in [6.45, 7) is 23.2. The lowest BCUT2D eigenvalue weighted by Crippen LogP contribution is -2.37. The molecule has 0 spiro atoms.